The predicted molar refractivity (Wildman–Crippen MR) is 80.7 cm³/mol. The zero-order chi connectivity index (χ0) is 15.0. The molecule has 1 fully saturated rings. The monoisotopic (exact) mass is 285 g/mol. The number of carbonyl (C=O) groups excluding carboxylic acids is 1. The minimum absolute atomic E-state index is 0.0771. The molecule has 20 heavy (non-hydrogen) atoms. The van der Waals surface area contributed by atoms with Gasteiger partial charge in [0.05, 0.1) is 6.61 Å². The maximum atomic E-state index is 12.5. The van der Waals surface area contributed by atoms with Crippen molar-refractivity contribution in [3.05, 3.63) is 0 Å². The Balaban J connectivity index is 2.70. The Morgan fingerprint density at radius 2 is 2.10 bits per heavy atom. The summed E-state index contributed by atoms with van der Waals surface area (Å²) in [4.78, 5) is 12.5. The van der Waals surface area contributed by atoms with E-state index in [9.17, 15) is 4.79 Å². The summed E-state index contributed by atoms with van der Waals surface area (Å²) in [6.07, 6.45) is 5.00. The van der Waals surface area contributed by atoms with E-state index in [2.05, 4.69) is 26.1 Å². The van der Waals surface area contributed by atoms with Gasteiger partial charge >= 0.3 is 5.97 Å². The molecular formula is C16H31NO3. The van der Waals surface area contributed by atoms with E-state index in [-0.39, 0.29) is 12.0 Å². The molecule has 2 unspecified atom stereocenters. The molecule has 1 rings (SSSR count). The van der Waals surface area contributed by atoms with Crippen molar-refractivity contribution in [2.45, 2.75) is 71.4 Å². The Hall–Kier alpha value is -0.610. The van der Waals surface area contributed by atoms with E-state index in [1.165, 1.54) is 0 Å². The van der Waals surface area contributed by atoms with Crippen molar-refractivity contribution in [2.24, 2.45) is 5.92 Å². The first-order chi connectivity index (χ1) is 9.56. The molecule has 118 valence electrons. The predicted octanol–water partition coefficient (Wildman–Crippen LogP) is 2.90. The maximum absolute atomic E-state index is 12.5. The third-order valence-corrected chi connectivity index (χ3v) is 3.97. The standard InChI is InChI=1S/C16H31NO3/c1-5-11-19-12-9-14-8-7-10-16(14,17-13(3)4)15(18)20-6-2/h13-14,17H,5-12H2,1-4H3. The van der Waals surface area contributed by atoms with Gasteiger partial charge in [-0.1, -0.05) is 13.3 Å². The van der Waals surface area contributed by atoms with Crippen LogP contribution in [0, 0.1) is 5.92 Å². The zero-order valence-electron chi connectivity index (χ0n) is 13.5. The van der Waals surface area contributed by atoms with Crippen LogP contribution in [0.2, 0.25) is 0 Å². The summed E-state index contributed by atoms with van der Waals surface area (Å²) >= 11 is 0. The van der Waals surface area contributed by atoms with E-state index in [1.54, 1.807) is 0 Å². The van der Waals surface area contributed by atoms with Crippen molar-refractivity contribution in [3.63, 3.8) is 0 Å². The van der Waals surface area contributed by atoms with Crippen LogP contribution in [0.5, 0.6) is 0 Å². The fraction of sp³-hybridized carbons (Fsp3) is 0.938. The summed E-state index contributed by atoms with van der Waals surface area (Å²) in [5, 5.41) is 3.50. The van der Waals surface area contributed by atoms with Gasteiger partial charge in [-0.05, 0) is 52.4 Å². The Kier molecular flexibility index (Phi) is 7.52. The van der Waals surface area contributed by atoms with Gasteiger partial charge in [-0.3, -0.25) is 10.1 Å². The van der Waals surface area contributed by atoms with Crippen LogP contribution < -0.4 is 5.32 Å². The lowest BCUT2D eigenvalue weighted by Gasteiger charge is -2.36. The second-order valence-corrected chi connectivity index (χ2v) is 5.98. The van der Waals surface area contributed by atoms with Gasteiger partial charge < -0.3 is 9.47 Å². The molecule has 4 heteroatoms. The molecule has 1 saturated carbocycles. The van der Waals surface area contributed by atoms with E-state index in [0.29, 0.717) is 12.5 Å². The molecule has 0 aromatic carbocycles. The molecule has 0 aromatic rings. The summed E-state index contributed by atoms with van der Waals surface area (Å²) in [5.41, 5.74) is -0.500. The Morgan fingerprint density at radius 1 is 1.35 bits per heavy atom. The van der Waals surface area contributed by atoms with Crippen LogP contribution in [0.4, 0.5) is 0 Å². The fourth-order valence-electron chi connectivity index (χ4n) is 3.23. The first kappa shape index (κ1) is 17.4. The summed E-state index contributed by atoms with van der Waals surface area (Å²) in [5.74, 6) is 0.243. The first-order valence-corrected chi connectivity index (χ1v) is 8.09. The van der Waals surface area contributed by atoms with Gasteiger partial charge in [-0.2, -0.15) is 0 Å². The van der Waals surface area contributed by atoms with Crippen molar-refractivity contribution < 1.29 is 14.3 Å². The Bertz CT molecular complexity index is 293. The molecule has 0 saturated heterocycles. The van der Waals surface area contributed by atoms with E-state index < -0.39 is 5.54 Å². The number of hydrogen-bond acceptors (Lipinski definition) is 4. The highest BCUT2D eigenvalue weighted by molar-refractivity contribution is 5.82. The van der Waals surface area contributed by atoms with Gasteiger partial charge in [-0.25, -0.2) is 0 Å². The van der Waals surface area contributed by atoms with Crippen molar-refractivity contribution >= 4 is 5.97 Å². The topological polar surface area (TPSA) is 47.6 Å². The number of rotatable bonds is 9. The van der Waals surface area contributed by atoms with Gasteiger partial charge in [0.2, 0.25) is 0 Å². The van der Waals surface area contributed by atoms with Gasteiger partial charge in [0, 0.05) is 19.3 Å². The van der Waals surface area contributed by atoms with Gasteiger partial charge in [-0.15, -0.1) is 0 Å². The van der Waals surface area contributed by atoms with Crippen LogP contribution >= 0.6 is 0 Å². The quantitative estimate of drug-likeness (QED) is 0.523. The zero-order valence-corrected chi connectivity index (χ0v) is 13.5. The van der Waals surface area contributed by atoms with Crippen molar-refractivity contribution in [3.8, 4) is 0 Å². The van der Waals surface area contributed by atoms with E-state index in [4.69, 9.17) is 9.47 Å². The molecule has 0 aliphatic heterocycles. The lowest BCUT2D eigenvalue weighted by atomic mass is 9.84. The molecule has 1 aliphatic carbocycles. The highest BCUT2D eigenvalue weighted by atomic mass is 16.5. The molecule has 4 nitrogen and oxygen atoms in total. The van der Waals surface area contributed by atoms with E-state index >= 15 is 0 Å². The number of carbonyl (C=O) groups is 1. The van der Waals surface area contributed by atoms with E-state index in [1.807, 2.05) is 6.92 Å². The number of nitrogens with one attached hydrogen (secondary N) is 1. The molecule has 1 N–H and O–H groups in total. The highest BCUT2D eigenvalue weighted by Gasteiger charge is 2.49. The lowest BCUT2D eigenvalue weighted by molar-refractivity contribution is -0.153. The molecule has 1 aliphatic rings. The normalized spacial score (nSPS) is 26.1. The van der Waals surface area contributed by atoms with Crippen LogP contribution in [-0.2, 0) is 14.3 Å². The molecular weight excluding hydrogens is 254 g/mol. The molecule has 0 spiro atoms. The van der Waals surface area contributed by atoms with Gasteiger partial charge in [0.15, 0.2) is 0 Å². The lowest BCUT2D eigenvalue weighted by Crippen LogP contribution is -2.58. The van der Waals surface area contributed by atoms with Crippen LogP contribution in [0.3, 0.4) is 0 Å². The average Bonchev–Trinajstić information content (AvgIpc) is 2.78. The molecule has 0 aromatic heterocycles. The largest absolute Gasteiger partial charge is 0.465 e. The van der Waals surface area contributed by atoms with Crippen LogP contribution in [0.25, 0.3) is 0 Å². The third-order valence-electron chi connectivity index (χ3n) is 3.97. The first-order valence-electron chi connectivity index (χ1n) is 8.09. The summed E-state index contributed by atoms with van der Waals surface area (Å²) in [6.45, 7) is 10.1. The molecule has 0 heterocycles. The molecule has 2 atom stereocenters. The SMILES string of the molecule is CCCOCCC1CCCC1(NC(C)C)C(=O)OCC. The van der Waals surface area contributed by atoms with Gasteiger partial charge in [0.1, 0.15) is 5.54 Å². The molecule has 0 bridgehead atoms. The fourth-order valence-corrected chi connectivity index (χ4v) is 3.23. The second kappa shape index (κ2) is 8.63. The summed E-state index contributed by atoms with van der Waals surface area (Å²) < 4.78 is 10.9. The van der Waals surface area contributed by atoms with E-state index in [0.717, 1.165) is 45.3 Å². The molecule has 0 radical (unpaired) electrons. The van der Waals surface area contributed by atoms with Crippen molar-refractivity contribution in [1.82, 2.24) is 5.32 Å². The average molecular weight is 285 g/mol. The van der Waals surface area contributed by atoms with Gasteiger partial charge in [0.25, 0.3) is 0 Å². The number of esters is 1. The van der Waals surface area contributed by atoms with Crippen LogP contribution in [0.15, 0.2) is 0 Å². The smallest absolute Gasteiger partial charge is 0.326 e. The second-order valence-electron chi connectivity index (χ2n) is 5.98. The highest BCUT2D eigenvalue weighted by Crippen LogP contribution is 2.39. The Labute approximate surface area is 123 Å². The minimum atomic E-state index is -0.500. The number of hydrogen-bond donors (Lipinski definition) is 1. The Morgan fingerprint density at radius 3 is 2.70 bits per heavy atom. The van der Waals surface area contributed by atoms with Crippen LogP contribution in [0.1, 0.15) is 59.8 Å². The maximum Gasteiger partial charge on any atom is 0.326 e. The number of ether oxygens (including phenoxy) is 2. The van der Waals surface area contributed by atoms with Crippen molar-refractivity contribution in [2.75, 3.05) is 19.8 Å². The molecule has 0 amide bonds. The third kappa shape index (κ3) is 4.45. The summed E-state index contributed by atoms with van der Waals surface area (Å²) in [7, 11) is 0. The minimum Gasteiger partial charge on any atom is -0.465 e. The summed E-state index contributed by atoms with van der Waals surface area (Å²) in [6, 6.07) is 0.275. The van der Waals surface area contributed by atoms with Crippen LogP contribution in [-0.4, -0.2) is 37.4 Å². The van der Waals surface area contributed by atoms with Crippen molar-refractivity contribution in [1.29, 1.82) is 0 Å².